The molecule has 1 unspecified atom stereocenters. The second-order valence-electron chi connectivity index (χ2n) is 5.18. The van der Waals surface area contributed by atoms with Gasteiger partial charge < -0.3 is 10.1 Å². The Hall–Kier alpha value is -0.730. The molecule has 1 N–H and O–H groups in total. The smallest absolute Gasteiger partial charge is 0.140 e. The van der Waals surface area contributed by atoms with E-state index in [2.05, 4.69) is 26.1 Å². The van der Waals surface area contributed by atoms with Crippen molar-refractivity contribution in [3.8, 4) is 5.75 Å². The van der Waals surface area contributed by atoms with Crippen LogP contribution in [0.4, 0.5) is 0 Å². The first kappa shape index (κ1) is 13.7. The third-order valence-electron chi connectivity index (χ3n) is 4.15. The minimum Gasteiger partial charge on any atom is -0.495 e. The van der Waals surface area contributed by atoms with E-state index in [1.54, 1.807) is 7.11 Å². The molecule has 2 nitrogen and oxygen atoms in total. The zero-order valence-corrected chi connectivity index (χ0v) is 12.4. The molecule has 2 rings (SSSR count). The third-order valence-corrected chi connectivity index (χ3v) is 4.60. The van der Waals surface area contributed by atoms with Crippen LogP contribution in [-0.2, 0) is 0 Å². The molecule has 1 aliphatic heterocycles. The summed E-state index contributed by atoms with van der Waals surface area (Å²) in [7, 11) is 1.69. The highest BCUT2D eigenvalue weighted by molar-refractivity contribution is 6.33. The van der Waals surface area contributed by atoms with Crippen molar-refractivity contribution in [3.63, 3.8) is 0 Å². The quantitative estimate of drug-likeness (QED) is 0.881. The maximum Gasteiger partial charge on any atom is 0.140 e. The average Bonchev–Trinajstić information content (AvgIpc) is 2.39. The summed E-state index contributed by atoms with van der Waals surface area (Å²) in [6.45, 7) is 8.59. The largest absolute Gasteiger partial charge is 0.495 e. The maximum atomic E-state index is 6.45. The molecule has 0 aromatic heterocycles. The van der Waals surface area contributed by atoms with Gasteiger partial charge in [0, 0.05) is 6.54 Å². The molecule has 0 bridgehead atoms. The highest BCUT2D eigenvalue weighted by Crippen LogP contribution is 2.40. The lowest BCUT2D eigenvalue weighted by molar-refractivity contribution is 0.409. The molecule has 0 radical (unpaired) electrons. The van der Waals surface area contributed by atoms with Crippen LogP contribution in [0.2, 0.25) is 5.02 Å². The van der Waals surface area contributed by atoms with Crippen molar-refractivity contribution in [2.45, 2.75) is 39.5 Å². The Bertz CT molecular complexity index is 421. The molecule has 1 aromatic carbocycles. The predicted octanol–water partition coefficient (Wildman–Crippen LogP) is 3.74. The molecule has 18 heavy (non-hydrogen) atoms. The second kappa shape index (κ2) is 5.50. The molecule has 0 aliphatic carbocycles. The lowest BCUT2D eigenvalue weighted by Gasteiger charge is -2.28. The van der Waals surface area contributed by atoms with Crippen LogP contribution in [0.5, 0.6) is 5.75 Å². The Morgan fingerprint density at radius 3 is 2.44 bits per heavy atom. The Labute approximate surface area is 115 Å². The van der Waals surface area contributed by atoms with Gasteiger partial charge in [0.15, 0.2) is 0 Å². The zero-order chi connectivity index (χ0) is 13.3. The summed E-state index contributed by atoms with van der Waals surface area (Å²) >= 11 is 6.45. The van der Waals surface area contributed by atoms with Crippen molar-refractivity contribution in [2.24, 2.45) is 0 Å². The fourth-order valence-corrected chi connectivity index (χ4v) is 3.38. The van der Waals surface area contributed by atoms with Crippen molar-refractivity contribution in [2.75, 3.05) is 20.2 Å². The molecule has 1 aliphatic rings. The number of piperidine rings is 1. The van der Waals surface area contributed by atoms with Gasteiger partial charge in [0.25, 0.3) is 0 Å². The topological polar surface area (TPSA) is 21.3 Å². The number of methoxy groups -OCH3 is 1. The Kier molecular flexibility index (Phi) is 4.18. The molecular weight excluding hydrogens is 246 g/mol. The summed E-state index contributed by atoms with van der Waals surface area (Å²) in [5.74, 6) is 1.42. The monoisotopic (exact) mass is 267 g/mol. The summed E-state index contributed by atoms with van der Waals surface area (Å²) in [6, 6.07) is 0. The van der Waals surface area contributed by atoms with E-state index in [1.165, 1.54) is 35.1 Å². The third kappa shape index (κ3) is 2.24. The van der Waals surface area contributed by atoms with Crippen LogP contribution in [0, 0.1) is 20.8 Å². The number of nitrogens with one attached hydrogen (secondary N) is 1. The van der Waals surface area contributed by atoms with Gasteiger partial charge in [0.2, 0.25) is 0 Å². The van der Waals surface area contributed by atoms with E-state index in [0.717, 1.165) is 23.9 Å². The van der Waals surface area contributed by atoms with Gasteiger partial charge in [-0.15, -0.1) is 0 Å². The minimum atomic E-state index is 0.584. The van der Waals surface area contributed by atoms with Crippen molar-refractivity contribution < 1.29 is 4.74 Å². The molecule has 0 amide bonds. The van der Waals surface area contributed by atoms with Crippen LogP contribution in [0.3, 0.4) is 0 Å². The number of hydrogen-bond donors (Lipinski definition) is 1. The van der Waals surface area contributed by atoms with Gasteiger partial charge >= 0.3 is 0 Å². The van der Waals surface area contributed by atoms with Crippen molar-refractivity contribution >= 4 is 11.6 Å². The van der Waals surface area contributed by atoms with Crippen LogP contribution in [0.25, 0.3) is 0 Å². The normalized spacial score (nSPS) is 19.9. The van der Waals surface area contributed by atoms with Crippen LogP contribution >= 0.6 is 11.6 Å². The number of ether oxygens (including phenoxy) is 1. The summed E-state index contributed by atoms with van der Waals surface area (Å²) < 4.78 is 5.43. The zero-order valence-electron chi connectivity index (χ0n) is 11.7. The van der Waals surface area contributed by atoms with Gasteiger partial charge in [0.05, 0.1) is 12.1 Å². The Morgan fingerprint density at radius 2 is 1.89 bits per heavy atom. The van der Waals surface area contributed by atoms with Gasteiger partial charge in [0.1, 0.15) is 5.75 Å². The SMILES string of the molecule is COc1c(C)c(C)c(C2CCCNC2)c(C)c1Cl. The van der Waals surface area contributed by atoms with Crippen LogP contribution in [-0.4, -0.2) is 20.2 Å². The fourth-order valence-electron chi connectivity index (χ4n) is 3.06. The van der Waals surface area contributed by atoms with E-state index in [1.807, 2.05) is 0 Å². The summed E-state index contributed by atoms with van der Waals surface area (Å²) in [5, 5.41) is 4.26. The van der Waals surface area contributed by atoms with E-state index in [-0.39, 0.29) is 0 Å². The van der Waals surface area contributed by atoms with Gasteiger partial charge in [-0.05, 0) is 68.3 Å². The summed E-state index contributed by atoms with van der Waals surface area (Å²) in [6.07, 6.45) is 2.49. The summed E-state index contributed by atoms with van der Waals surface area (Å²) in [5.41, 5.74) is 5.12. The molecule has 1 aromatic rings. The number of halogens is 1. The minimum absolute atomic E-state index is 0.584. The Balaban J connectivity index is 2.53. The second-order valence-corrected chi connectivity index (χ2v) is 5.56. The molecule has 1 saturated heterocycles. The molecule has 3 heteroatoms. The van der Waals surface area contributed by atoms with E-state index in [9.17, 15) is 0 Å². The van der Waals surface area contributed by atoms with E-state index in [0.29, 0.717) is 5.92 Å². The molecule has 0 spiro atoms. The molecule has 1 fully saturated rings. The average molecular weight is 268 g/mol. The van der Waals surface area contributed by atoms with Crippen molar-refractivity contribution in [3.05, 3.63) is 27.3 Å². The van der Waals surface area contributed by atoms with Gasteiger partial charge in [-0.1, -0.05) is 11.6 Å². The highest BCUT2D eigenvalue weighted by Gasteiger charge is 2.24. The van der Waals surface area contributed by atoms with Crippen LogP contribution < -0.4 is 10.1 Å². The number of rotatable bonds is 2. The predicted molar refractivity (Wildman–Crippen MR) is 77.1 cm³/mol. The molecule has 100 valence electrons. The first-order chi connectivity index (χ1) is 8.57. The number of benzene rings is 1. The van der Waals surface area contributed by atoms with Crippen molar-refractivity contribution in [1.82, 2.24) is 5.32 Å². The first-order valence-electron chi connectivity index (χ1n) is 6.61. The molecular formula is C15H22ClNO. The van der Waals surface area contributed by atoms with Gasteiger partial charge in [-0.25, -0.2) is 0 Å². The summed E-state index contributed by atoms with van der Waals surface area (Å²) in [4.78, 5) is 0. The van der Waals surface area contributed by atoms with Crippen molar-refractivity contribution in [1.29, 1.82) is 0 Å². The van der Waals surface area contributed by atoms with Gasteiger partial charge in [-0.2, -0.15) is 0 Å². The first-order valence-corrected chi connectivity index (χ1v) is 6.99. The fraction of sp³-hybridized carbons (Fsp3) is 0.600. The lowest BCUT2D eigenvalue weighted by Crippen LogP contribution is -2.29. The molecule has 1 atom stereocenters. The van der Waals surface area contributed by atoms with E-state index in [4.69, 9.17) is 16.3 Å². The molecule has 0 saturated carbocycles. The lowest BCUT2D eigenvalue weighted by atomic mass is 9.84. The van der Waals surface area contributed by atoms with E-state index >= 15 is 0 Å². The standard InChI is InChI=1S/C15H22ClNO/c1-9-10(2)15(18-4)14(16)11(3)13(9)12-6-5-7-17-8-12/h12,17H,5-8H2,1-4H3. The van der Waals surface area contributed by atoms with Crippen LogP contribution in [0.15, 0.2) is 0 Å². The highest BCUT2D eigenvalue weighted by atomic mass is 35.5. The van der Waals surface area contributed by atoms with Crippen LogP contribution in [0.1, 0.15) is 41.0 Å². The Morgan fingerprint density at radius 1 is 1.17 bits per heavy atom. The molecule has 1 heterocycles. The van der Waals surface area contributed by atoms with E-state index < -0.39 is 0 Å². The maximum absolute atomic E-state index is 6.45. The number of hydrogen-bond acceptors (Lipinski definition) is 2. The van der Waals surface area contributed by atoms with Gasteiger partial charge in [-0.3, -0.25) is 0 Å².